The van der Waals surface area contributed by atoms with Crippen LogP contribution in [0.15, 0.2) is 53.1 Å². The van der Waals surface area contributed by atoms with E-state index in [0.717, 1.165) is 48.3 Å². The number of benzene rings is 2. The molecule has 34 heavy (non-hydrogen) atoms. The van der Waals surface area contributed by atoms with E-state index >= 15 is 0 Å². The predicted octanol–water partition coefficient (Wildman–Crippen LogP) is 7.02. The number of nitrogens with two attached hydrogens (primary N) is 1. The molecule has 0 aliphatic rings. The highest BCUT2D eigenvalue weighted by Gasteiger charge is 2.30. The van der Waals surface area contributed by atoms with E-state index in [4.69, 9.17) is 10.3 Å². The summed E-state index contributed by atoms with van der Waals surface area (Å²) in [4.78, 5) is 4.51. The van der Waals surface area contributed by atoms with Crippen molar-refractivity contribution in [3.63, 3.8) is 0 Å². The van der Waals surface area contributed by atoms with Gasteiger partial charge in [-0.25, -0.2) is 0 Å². The molecule has 0 radical (unpaired) electrons. The van der Waals surface area contributed by atoms with E-state index in [1.807, 2.05) is 24.3 Å². The summed E-state index contributed by atoms with van der Waals surface area (Å²) in [5.74, 6) is 1.45. The zero-order chi connectivity index (χ0) is 24.4. The van der Waals surface area contributed by atoms with Gasteiger partial charge >= 0.3 is 6.18 Å². The Balaban J connectivity index is 1.42. The van der Waals surface area contributed by atoms with Gasteiger partial charge in [0.15, 0.2) is 5.82 Å². The minimum Gasteiger partial charge on any atom is -0.339 e. The first-order chi connectivity index (χ1) is 16.3. The lowest BCUT2D eigenvalue weighted by Gasteiger charge is -2.14. The average Bonchev–Trinajstić information content (AvgIpc) is 3.28. The summed E-state index contributed by atoms with van der Waals surface area (Å²) in [7, 11) is 0. The standard InChI is InChI=1S/C27H34F3N3O/c1-2-3-4-5-6-7-8-25-32-26(34-33-25)18-13-20-9-11-21(12-10-20)19-24(31)22-14-16-23(17-15-22)27(28,29)30/h9-12,14-17,24H,2-8,13,18-19,31H2,1H3. The molecule has 3 rings (SSSR count). The summed E-state index contributed by atoms with van der Waals surface area (Å²) >= 11 is 0. The molecule has 0 bridgehead atoms. The first-order valence-electron chi connectivity index (χ1n) is 12.2. The molecule has 3 aromatic rings. The van der Waals surface area contributed by atoms with Crippen molar-refractivity contribution in [2.24, 2.45) is 5.73 Å². The van der Waals surface area contributed by atoms with Crippen LogP contribution in [-0.2, 0) is 31.9 Å². The second kappa shape index (κ2) is 12.7. The molecular formula is C27H34F3N3O. The van der Waals surface area contributed by atoms with E-state index in [0.29, 0.717) is 24.3 Å². The minimum atomic E-state index is -4.34. The van der Waals surface area contributed by atoms with Crippen LogP contribution in [-0.4, -0.2) is 10.1 Å². The monoisotopic (exact) mass is 473 g/mol. The van der Waals surface area contributed by atoms with Gasteiger partial charge in [-0.1, -0.05) is 80.6 Å². The first kappa shape index (κ1) is 25.9. The molecule has 2 N–H and O–H groups in total. The molecule has 0 aliphatic heterocycles. The number of hydrogen-bond acceptors (Lipinski definition) is 4. The van der Waals surface area contributed by atoms with Crippen molar-refractivity contribution >= 4 is 0 Å². The summed E-state index contributed by atoms with van der Waals surface area (Å²) in [6.07, 6.45) is 6.00. The van der Waals surface area contributed by atoms with Gasteiger partial charge in [0, 0.05) is 18.9 Å². The van der Waals surface area contributed by atoms with Crippen LogP contribution in [0.4, 0.5) is 13.2 Å². The van der Waals surface area contributed by atoms with Gasteiger partial charge in [0.05, 0.1) is 5.56 Å². The minimum absolute atomic E-state index is 0.364. The lowest BCUT2D eigenvalue weighted by atomic mass is 9.97. The van der Waals surface area contributed by atoms with Crippen LogP contribution in [0.3, 0.4) is 0 Å². The normalized spacial score (nSPS) is 12.7. The molecule has 0 amide bonds. The third-order valence-electron chi connectivity index (χ3n) is 6.04. The average molecular weight is 474 g/mol. The van der Waals surface area contributed by atoms with Gasteiger partial charge < -0.3 is 10.3 Å². The van der Waals surface area contributed by atoms with E-state index in [1.165, 1.54) is 44.2 Å². The maximum Gasteiger partial charge on any atom is 0.416 e. The molecule has 2 aromatic carbocycles. The number of unbranched alkanes of at least 4 members (excludes halogenated alkanes) is 5. The smallest absolute Gasteiger partial charge is 0.339 e. The molecule has 4 nitrogen and oxygen atoms in total. The third kappa shape index (κ3) is 8.28. The lowest BCUT2D eigenvalue weighted by molar-refractivity contribution is -0.137. The van der Waals surface area contributed by atoms with Crippen molar-refractivity contribution in [3.05, 3.63) is 82.5 Å². The molecule has 184 valence electrons. The van der Waals surface area contributed by atoms with Crippen LogP contribution >= 0.6 is 0 Å². The Bertz CT molecular complexity index is 982. The van der Waals surface area contributed by atoms with Crippen molar-refractivity contribution in [2.75, 3.05) is 0 Å². The van der Waals surface area contributed by atoms with E-state index in [-0.39, 0.29) is 6.04 Å². The van der Waals surface area contributed by atoms with Crippen molar-refractivity contribution < 1.29 is 17.7 Å². The number of alkyl halides is 3. The predicted molar refractivity (Wildman–Crippen MR) is 127 cm³/mol. The zero-order valence-electron chi connectivity index (χ0n) is 19.8. The quantitative estimate of drug-likeness (QED) is 0.271. The number of nitrogens with zero attached hydrogens (tertiary/aromatic N) is 2. The molecular weight excluding hydrogens is 439 g/mol. The van der Waals surface area contributed by atoms with E-state index in [2.05, 4.69) is 17.1 Å². The fourth-order valence-electron chi connectivity index (χ4n) is 3.94. The van der Waals surface area contributed by atoms with Gasteiger partial charge in [0.1, 0.15) is 0 Å². The SMILES string of the molecule is CCCCCCCCc1noc(CCc2ccc(CC(N)c3ccc(C(F)(F)F)cc3)cc2)n1. The lowest BCUT2D eigenvalue weighted by Crippen LogP contribution is -2.14. The molecule has 0 aliphatic carbocycles. The Morgan fingerprint density at radius 1 is 0.824 bits per heavy atom. The van der Waals surface area contributed by atoms with Crippen molar-refractivity contribution in [3.8, 4) is 0 Å². The Morgan fingerprint density at radius 2 is 1.47 bits per heavy atom. The first-order valence-corrected chi connectivity index (χ1v) is 12.2. The summed E-state index contributed by atoms with van der Waals surface area (Å²) < 4.78 is 43.6. The van der Waals surface area contributed by atoms with Crippen molar-refractivity contribution in [1.82, 2.24) is 10.1 Å². The van der Waals surface area contributed by atoms with Crippen LogP contribution in [0, 0.1) is 0 Å². The zero-order valence-corrected chi connectivity index (χ0v) is 19.8. The fourth-order valence-corrected chi connectivity index (χ4v) is 3.94. The second-order valence-corrected chi connectivity index (χ2v) is 8.87. The van der Waals surface area contributed by atoms with Gasteiger partial charge in [-0.05, 0) is 48.1 Å². The molecule has 0 fully saturated rings. The van der Waals surface area contributed by atoms with Crippen LogP contribution in [0.2, 0.25) is 0 Å². The summed E-state index contributed by atoms with van der Waals surface area (Å²) in [6, 6.07) is 12.8. The molecule has 1 atom stereocenters. The molecule has 1 aromatic heterocycles. The third-order valence-corrected chi connectivity index (χ3v) is 6.04. The number of halogens is 3. The van der Waals surface area contributed by atoms with E-state index in [9.17, 15) is 13.2 Å². The number of hydrogen-bond donors (Lipinski definition) is 1. The van der Waals surface area contributed by atoms with Gasteiger partial charge in [-0.15, -0.1) is 0 Å². The molecule has 0 saturated heterocycles. The van der Waals surface area contributed by atoms with Gasteiger partial charge in [-0.2, -0.15) is 18.2 Å². The number of aromatic nitrogens is 2. The van der Waals surface area contributed by atoms with Gasteiger partial charge in [-0.3, -0.25) is 0 Å². The van der Waals surface area contributed by atoms with Crippen LogP contribution in [0.5, 0.6) is 0 Å². The maximum absolute atomic E-state index is 12.7. The summed E-state index contributed by atoms with van der Waals surface area (Å²) in [5.41, 5.74) is 8.43. The van der Waals surface area contributed by atoms with Crippen LogP contribution in [0.25, 0.3) is 0 Å². The number of rotatable bonds is 13. The van der Waals surface area contributed by atoms with Crippen LogP contribution in [0.1, 0.15) is 85.5 Å². The van der Waals surface area contributed by atoms with Crippen molar-refractivity contribution in [2.45, 2.75) is 83.4 Å². The highest BCUT2D eigenvalue weighted by atomic mass is 19.4. The topological polar surface area (TPSA) is 64.9 Å². The van der Waals surface area contributed by atoms with E-state index < -0.39 is 11.7 Å². The Kier molecular flexibility index (Phi) is 9.69. The largest absolute Gasteiger partial charge is 0.416 e. The highest BCUT2D eigenvalue weighted by Crippen LogP contribution is 2.30. The van der Waals surface area contributed by atoms with Gasteiger partial charge in [0.25, 0.3) is 0 Å². The maximum atomic E-state index is 12.7. The second-order valence-electron chi connectivity index (χ2n) is 8.87. The highest BCUT2D eigenvalue weighted by molar-refractivity contribution is 5.29. The van der Waals surface area contributed by atoms with Crippen LogP contribution < -0.4 is 5.73 Å². The van der Waals surface area contributed by atoms with Crippen molar-refractivity contribution in [1.29, 1.82) is 0 Å². The fraction of sp³-hybridized carbons (Fsp3) is 0.481. The molecule has 0 spiro atoms. The Labute approximate surface area is 199 Å². The molecule has 1 heterocycles. The summed E-state index contributed by atoms with van der Waals surface area (Å²) in [6.45, 7) is 2.22. The molecule has 1 unspecified atom stereocenters. The summed E-state index contributed by atoms with van der Waals surface area (Å²) in [5, 5.41) is 4.09. The Hall–Kier alpha value is -2.67. The molecule has 0 saturated carbocycles. The molecule has 7 heteroatoms. The van der Waals surface area contributed by atoms with E-state index in [1.54, 1.807) is 0 Å². The van der Waals surface area contributed by atoms with Gasteiger partial charge in [0.2, 0.25) is 5.89 Å². The number of aryl methyl sites for hydroxylation is 3. The Morgan fingerprint density at radius 3 is 2.15 bits per heavy atom.